The van der Waals surface area contributed by atoms with Gasteiger partial charge in [-0.25, -0.2) is 0 Å². The topological polar surface area (TPSA) is 30.5 Å². The van der Waals surface area contributed by atoms with Crippen molar-refractivity contribution in [1.29, 1.82) is 0 Å². The quantitative estimate of drug-likeness (QED) is 0.578. The average molecular weight is 203 g/mol. The van der Waals surface area contributed by atoms with Gasteiger partial charge in [0.15, 0.2) is 0 Å². The number of rotatable bonds is 9. The van der Waals surface area contributed by atoms with Crippen LogP contribution in [0.1, 0.15) is 27.7 Å². The average Bonchev–Trinajstić information content (AvgIpc) is 2.16. The van der Waals surface area contributed by atoms with Crippen LogP contribution < -0.4 is 5.32 Å². The summed E-state index contributed by atoms with van der Waals surface area (Å²) in [7, 11) is 0. The van der Waals surface area contributed by atoms with Gasteiger partial charge >= 0.3 is 0 Å². The van der Waals surface area contributed by atoms with Crippen molar-refractivity contribution in [3.63, 3.8) is 0 Å². The van der Waals surface area contributed by atoms with E-state index in [2.05, 4.69) is 19.2 Å². The lowest BCUT2D eigenvalue weighted by Crippen LogP contribution is -2.39. The molecule has 1 atom stereocenters. The zero-order valence-corrected chi connectivity index (χ0v) is 10.0. The Morgan fingerprint density at radius 2 is 1.71 bits per heavy atom. The molecule has 0 aromatic rings. The Morgan fingerprint density at radius 1 is 1.07 bits per heavy atom. The molecule has 1 unspecified atom stereocenters. The SMILES string of the molecule is CCOCCNC(COCC)C(C)C. The molecule has 0 fully saturated rings. The van der Waals surface area contributed by atoms with Gasteiger partial charge < -0.3 is 14.8 Å². The van der Waals surface area contributed by atoms with Crippen molar-refractivity contribution in [2.45, 2.75) is 33.7 Å². The van der Waals surface area contributed by atoms with E-state index in [0.29, 0.717) is 12.0 Å². The van der Waals surface area contributed by atoms with Gasteiger partial charge in [-0.2, -0.15) is 0 Å². The van der Waals surface area contributed by atoms with Crippen molar-refractivity contribution in [1.82, 2.24) is 5.32 Å². The van der Waals surface area contributed by atoms with Crippen LogP contribution in [0.4, 0.5) is 0 Å². The highest BCUT2D eigenvalue weighted by atomic mass is 16.5. The highest BCUT2D eigenvalue weighted by Crippen LogP contribution is 2.01. The van der Waals surface area contributed by atoms with E-state index in [4.69, 9.17) is 9.47 Å². The number of hydrogen-bond donors (Lipinski definition) is 1. The first kappa shape index (κ1) is 13.9. The molecule has 3 nitrogen and oxygen atoms in total. The fourth-order valence-electron chi connectivity index (χ4n) is 1.19. The Bertz CT molecular complexity index is 118. The Kier molecular flexibility index (Phi) is 9.35. The van der Waals surface area contributed by atoms with Gasteiger partial charge in [-0.1, -0.05) is 13.8 Å². The lowest BCUT2D eigenvalue weighted by molar-refractivity contribution is 0.0983. The van der Waals surface area contributed by atoms with Gasteiger partial charge in [0.05, 0.1) is 13.2 Å². The van der Waals surface area contributed by atoms with Crippen molar-refractivity contribution >= 4 is 0 Å². The van der Waals surface area contributed by atoms with Gasteiger partial charge in [-0.05, 0) is 19.8 Å². The van der Waals surface area contributed by atoms with Gasteiger partial charge in [-0.15, -0.1) is 0 Å². The largest absolute Gasteiger partial charge is 0.380 e. The van der Waals surface area contributed by atoms with Crippen LogP contribution in [0.25, 0.3) is 0 Å². The van der Waals surface area contributed by atoms with E-state index >= 15 is 0 Å². The van der Waals surface area contributed by atoms with Gasteiger partial charge in [0.1, 0.15) is 0 Å². The molecule has 0 rings (SSSR count). The molecule has 0 aromatic heterocycles. The first-order valence-corrected chi connectivity index (χ1v) is 5.61. The number of nitrogens with one attached hydrogen (secondary N) is 1. The van der Waals surface area contributed by atoms with Crippen LogP contribution in [0.15, 0.2) is 0 Å². The van der Waals surface area contributed by atoms with Crippen LogP contribution in [-0.4, -0.2) is 39.0 Å². The highest BCUT2D eigenvalue weighted by Gasteiger charge is 2.11. The van der Waals surface area contributed by atoms with Crippen molar-refractivity contribution in [3.8, 4) is 0 Å². The van der Waals surface area contributed by atoms with Crippen molar-refractivity contribution in [3.05, 3.63) is 0 Å². The molecule has 3 heteroatoms. The zero-order chi connectivity index (χ0) is 10.8. The lowest BCUT2D eigenvalue weighted by Gasteiger charge is -2.22. The second-order valence-electron chi connectivity index (χ2n) is 3.66. The van der Waals surface area contributed by atoms with E-state index in [1.165, 1.54) is 0 Å². The summed E-state index contributed by atoms with van der Waals surface area (Å²) < 4.78 is 10.7. The molecular formula is C11H25NO2. The maximum atomic E-state index is 5.41. The smallest absolute Gasteiger partial charge is 0.0621 e. The molecule has 0 spiro atoms. The minimum absolute atomic E-state index is 0.440. The molecule has 0 amide bonds. The molecule has 0 aliphatic rings. The molecule has 0 aromatic carbocycles. The van der Waals surface area contributed by atoms with Gasteiger partial charge in [0.2, 0.25) is 0 Å². The summed E-state index contributed by atoms with van der Waals surface area (Å²) in [6.45, 7) is 12.5. The Labute approximate surface area is 88.2 Å². The fourth-order valence-corrected chi connectivity index (χ4v) is 1.19. The fraction of sp³-hybridized carbons (Fsp3) is 1.00. The van der Waals surface area contributed by atoms with E-state index in [9.17, 15) is 0 Å². The molecule has 0 heterocycles. The molecule has 0 saturated carbocycles. The highest BCUT2D eigenvalue weighted by molar-refractivity contribution is 4.69. The van der Waals surface area contributed by atoms with Crippen LogP contribution >= 0.6 is 0 Å². The first-order chi connectivity index (χ1) is 6.72. The first-order valence-electron chi connectivity index (χ1n) is 5.61. The van der Waals surface area contributed by atoms with Crippen LogP contribution in [0.2, 0.25) is 0 Å². The summed E-state index contributed by atoms with van der Waals surface area (Å²) in [6.07, 6.45) is 0. The third-order valence-electron chi connectivity index (χ3n) is 2.16. The van der Waals surface area contributed by atoms with Crippen molar-refractivity contribution in [2.24, 2.45) is 5.92 Å². The minimum Gasteiger partial charge on any atom is -0.380 e. The Hall–Kier alpha value is -0.120. The second kappa shape index (κ2) is 9.44. The molecule has 86 valence electrons. The van der Waals surface area contributed by atoms with Crippen molar-refractivity contribution in [2.75, 3.05) is 33.0 Å². The van der Waals surface area contributed by atoms with Crippen LogP contribution in [-0.2, 0) is 9.47 Å². The number of hydrogen-bond acceptors (Lipinski definition) is 3. The van der Waals surface area contributed by atoms with Crippen LogP contribution in [0.3, 0.4) is 0 Å². The molecule has 0 aliphatic carbocycles. The van der Waals surface area contributed by atoms with Crippen molar-refractivity contribution < 1.29 is 9.47 Å². The third-order valence-corrected chi connectivity index (χ3v) is 2.16. The third kappa shape index (κ3) is 7.30. The predicted octanol–water partition coefficient (Wildman–Crippen LogP) is 1.67. The van der Waals surface area contributed by atoms with E-state index in [0.717, 1.165) is 33.0 Å². The van der Waals surface area contributed by atoms with Gasteiger partial charge in [-0.3, -0.25) is 0 Å². The number of ether oxygens (including phenoxy) is 2. The molecule has 14 heavy (non-hydrogen) atoms. The molecular weight excluding hydrogens is 178 g/mol. The van der Waals surface area contributed by atoms with Gasteiger partial charge in [0, 0.05) is 25.8 Å². The normalized spacial score (nSPS) is 13.5. The zero-order valence-electron chi connectivity index (χ0n) is 10.0. The maximum absolute atomic E-state index is 5.41. The van der Waals surface area contributed by atoms with Crippen LogP contribution in [0, 0.1) is 5.92 Å². The minimum atomic E-state index is 0.440. The summed E-state index contributed by atoms with van der Waals surface area (Å²) in [6, 6.07) is 0.440. The van der Waals surface area contributed by atoms with Gasteiger partial charge in [0.25, 0.3) is 0 Å². The summed E-state index contributed by atoms with van der Waals surface area (Å²) >= 11 is 0. The molecule has 0 radical (unpaired) electrons. The van der Waals surface area contributed by atoms with E-state index in [1.54, 1.807) is 0 Å². The monoisotopic (exact) mass is 203 g/mol. The summed E-state index contributed by atoms with van der Waals surface area (Å²) in [4.78, 5) is 0. The Morgan fingerprint density at radius 3 is 2.21 bits per heavy atom. The maximum Gasteiger partial charge on any atom is 0.0621 e. The van der Waals surface area contributed by atoms with E-state index in [-0.39, 0.29) is 0 Å². The summed E-state index contributed by atoms with van der Waals surface area (Å²) in [5.74, 6) is 0.600. The molecule has 0 aliphatic heterocycles. The van der Waals surface area contributed by atoms with E-state index in [1.807, 2.05) is 13.8 Å². The van der Waals surface area contributed by atoms with Crippen LogP contribution in [0.5, 0.6) is 0 Å². The Balaban J connectivity index is 3.52. The summed E-state index contributed by atoms with van der Waals surface area (Å²) in [5.41, 5.74) is 0. The summed E-state index contributed by atoms with van der Waals surface area (Å²) in [5, 5.41) is 3.44. The second-order valence-corrected chi connectivity index (χ2v) is 3.66. The lowest BCUT2D eigenvalue weighted by atomic mass is 10.1. The molecule has 1 N–H and O–H groups in total. The molecule has 0 saturated heterocycles. The molecule has 0 bridgehead atoms. The predicted molar refractivity (Wildman–Crippen MR) is 59.6 cm³/mol. The van der Waals surface area contributed by atoms with E-state index < -0.39 is 0 Å². The standard InChI is InChI=1S/C11H25NO2/c1-5-13-8-7-12-11(10(3)4)9-14-6-2/h10-12H,5-9H2,1-4H3.